The normalized spacial score (nSPS) is 17.4. The van der Waals surface area contributed by atoms with Crippen molar-refractivity contribution in [3.63, 3.8) is 0 Å². The molecule has 21 heavy (non-hydrogen) atoms. The Morgan fingerprint density at radius 2 is 1.81 bits per heavy atom. The summed E-state index contributed by atoms with van der Waals surface area (Å²) in [5.41, 5.74) is 1.44. The average Bonchev–Trinajstić information content (AvgIpc) is 2.99. The van der Waals surface area contributed by atoms with Gasteiger partial charge in [-0.1, -0.05) is 66.7 Å². The first-order chi connectivity index (χ1) is 10.3. The van der Waals surface area contributed by atoms with Crippen LogP contribution < -0.4 is 5.32 Å². The first-order valence-electron chi connectivity index (χ1n) is 8.19. The largest absolute Gasteiger partial charge is 0.310 e. The third-order valence-electron chi connectivity index (χ3n) is 4.72. The Bertz CT molecular complexity index is 602. The second-order valence-corrected chi connectivity index (χ2v) is 7.16. The summed E-state index contributed by atoms with van der Waals surface area (Å²) in [4.78, 5) is 0. The van der Waals surface area contributed by atoms with Crippen LogP contribution in [0.25, 0.3) is 10.8 Å². The molecule has 1 aliphatic carbocycles. The van der Waals surface area contributed by atoms with E-state index < -0.39 is 0 Å². The number of rotatable bonds is 5. The van der Waals surface area contributed by atoms with Gasteiger partial charge in [-0.25, -0.2) is 0 Å². The maximum absolute atomic E-state index is 3.69. The summed E-state index contributed by atoms with van der Waals surface area (Å²) in [6.45, 7) is 3.25. The summed E-state index contributed by atoms with van der Waals surface area (Å²) in [6.07, 6.45) is 6.98. The van der Waals surface area contributed by atoms with Crippen molar-refractivity contribution >= 4 is 26.7 Å². The van der Waals surface area contributed by atoms with Crippen molar-refractivity contribution in [2.75, 3.05) is 6.54 Å². The smallest absolute Gasteiger partial charge is 0.0322 e. The van der Waals surface area contributed by atoms with E-state index in [0.717, 1.165) is 16.9 Å². The molecule has 1 saturated carbocycles. The molecule has 0 spiro atoms. The van der Waals surface area contributed by atoms with Crippen LogP contribution in [0.3, 0.4) is 0 Å². The van der Waals surface area contributed by atoms with Crippen molar-refractivity contribution in [1.29, 1.82) is 0 Å². The molecule has 0 radical (unpaired) electrons. The highest BCUT2D eigenvalue weighted by atomic mass is 79.9. The number of hydrogen-bond donors (Lipinski definition) is 1. The molecular formula is C19H24BrN. The number of halogens is 1. The van der Waals surface area contributed by atoms with Gasteiger partial charge >= 0.3 is 0 Å². The lowest BCUT2D eigenvalue weighted by molar-refractivity contribution is 0.401. The van der Waals surface area contributed by atoms with E-state index in [-0.39, 0.29) is 0 Å². The topological polar surface area (TPSA) is 12.0 Å². The number of benzene rings is 2. The van der Waals surface area contributed by atoms with Gasteiger partial charge in [-0.2, -0.15) is 0 Å². The van der Waals surface area contributed by atoms with E-state index in [0.29, 0.717) is 6.04 Å². The van der Waals surface area contributed by atoms with Gasteiger partial charge in [0.15, 0.2) is 0 Å². The molecule has 0 amide bonds. The highest BCUT2D eigenvalue weighted by molar-refractivity contribution is 9.10. The Morgan fingerprint density at radius 1 is 1.10 bits per heavy atom. The standard InChI is InChI=1S/C19H24BrN/c1-2-21-19(11-14-5-3-4-6-14)17-8-7-16-13-18(20)10-9-15(16)12-17/h7-10,12-14,19,21H,2-6,11H2,1H3. The average molecular weight is 346 g/mol. The molecule has 3 rings (SSSR count). The molecule has 0 aromatic heterocycles. The Hall–Kier alpha value is -0.860. The SMILES string of the molecule is CCNC(CC1CCCC1)c1ccc2cc(Br)ccc2c1. The summed E-state index contributed by atoms with van der Waals surface area (Å²) in [6, 6.07) is 14.0. The van der Waals surface area contributed by atoms with Gasteiger partial charge in [-0.05, 0) is 53.4 Å². The highest BCUT2D eigenvalue weighted by Gasteiger charge is 2.20. The molecule has 1 unspecified atom stereocenters. The van der Waals surface area contributed by atoms with Crippen molar-refractivity contribution in [1.82, 2.24) is 5.32 Å². The second kappa shape index (κ2) is 6.93. The summed E-state index contributed by atoms with van der Waals surface area (Å²) in [7, 11) is 0. The first-order valence-corrected chi connectivity index (χ1v) is 8.98. The first kappa shape index (κ1) is 15.1. The molecule has 2 aromatic carbocycles. The number of hydrogen-bond acceptors (Lipinski definition) is 1. The van der Waals surface area contributed by atoms with E-state index >= 15 is 0 Å². The van der Waals surface area contributed by atoms with Crippen molar-refractivity contribution < 1.29 is 0 Å². The van der Waals surface area contributed by atoms with Crippen LogP contribution in [0.1, 0.15) is 50.6 Å². The Balaban J connectivity index is 1.85. The monoisotopic (exact) mass is 345 g/mol. The lowest BCUT2D eigenvalue weighted by atomic mass is 9.92. The van der Waals surface area contributed by atoms with E-state index in [2.05, 4.69) is 64.6 Å². The molecule has 1 aliphatic rings. The fourth-order valence-corrected chi connectivity index (χ4v) is 3.99. The zero-order valence-electron chi connectivity index (χ0n) is 12.7. The zero-order chi connectivity index (χ0) is 14.7. The minimum Gasteiger partial charge on any atom is -0.310 e. The van der Waals surface area contributed by atoms with Crippen molar-refractivity contribution in [2.45, 2.75) is 45.1 Å². The fraction of sp³-hybridized carbons (Fsp3) is 0.474. The third-order valence-corrected chi connectivity index (χ3v) is 5.22. The van der Waals surface area contributed by atoms with Crippen molar-refractivity contribution in [3.8, 4) is 0 Å². The van der Waals surface area contributed by atoms with Gasteiger partial charge in [0.25, 0.3) is 0 Å². The molecule has 112 valence electrons. The summed E-state index contributed by atoms with van der Waals surface area (Å²) in [5.74, 6) is 0.912. The molecule has 0 aliphatic heterocycles. The van der Waals surface area contributed by atoms with Gasteiger partial charge in [-0.3, -0.25) is 0 Å². The van der Waals surface area contributed by atoms with E-state index in [1.165, 1.54) is 48.4 Å². The van der Waals surface area contributed by atoms with Crippen LogP contribution in [-0.4, -0.2) is 6.54 Å². The quantitative estimate of drug-likeness (QED) is 0.718. The molecule has 1 nitrogen and oxygen atoms in total. The minimum absolute atomic E-state index is 0.506. The van der Waals surface area contributed by atoms with Gasteiger partial charge < -0.3 is 5.32 Å². The molecule has 1 N–H and O–H groups in total. The van der Waals surface area contributed by atoms with Crippen LogP contribution in [0, 0.1) is 5.92 Å². The predicted molar refractivity (Wildman–Crippen MR) is 94.6 cm³/mol. The number of nitrogens with one attached hydrogen (secondary N) is 1. The van der Waals surface area contributed by atoms with Crippen molar-refractivity contribution in [2.24, 2.45) is 5.92 Å². The van der Waals surface area contributed by atoms with E-state index in [9.17, 15) is 0 Å². The minimum atomic E-state index is 0.506. The predicted octanol–water partition coefficient (Wildman–Crippen LogP) is 5.83. The van der Waals surface area contributed by atoms with E-state index in [4.69, 9.17) is 0 Å². The summed E-state index contributed by atoms with van der Waals surface area (Å²) < 4.78 is 1.15. The van der Waals surface area contributed by atoms with Crippen LogP contribution in [0.5, 0.6) is 0 Å². The molecule has 1 fully saturated rings. The van der Waals surface area contributed by atoms with Crippen LogP contribution in [0.2, 0.25) is 0 Å². The summed E-state index contributed by atoms with van der Waals surface area (Å²) >= 11 is 3.55. The lowest BCUT2D eigenvalue weighted by Crippen LogP contribution is -2.23. The Morgan fingerprint density at radius 3 is 2.57 bits per heavy atom. The maximum Gasteiger partial charge on any atom is 0.0322 e. The van der Waals surface area contributed by atoms with Crippen LogP contribution in [0.4, 0.5) is 0 Å². The fourth-order valence-electron chi connectivity index (χ4n) is 3.61. The van der Waals surface area contributed by atoms with E-state index in [1.807, 2.05) is 0 Å². The van der Waals surface area contributed by atoms with Gasteiger partial charge in [0.1, 0.15) is 0 Å². The second-order valence-electron chi connectivity index (χ2n) is 6.25. The van der Waals surface area contributed by atoms with Crippen LogP contribution in [-0.2, 0) is 0 Å². The molecule has 2 heteroatoms. The molecule has 0 saturated heterocycles. The van der Waals surface area contributed by atoms with Gasteiger partial charge in [0, 0.05) is 10.5 Å². The Kier molecular flexibility index (Phi) is 4.97. The van der Waals surface area contributed by atoms with Crippen LogP contribution >= 0.6 is 15.9 Å². The molecule has 2 aromatic rings. The van der Waals surface area contributed by atoms with Gasteiger partial charge in [0.05, 0.1) is 0 Å². The van der Waals surface area contributed by atoms with Crippen LogP contribution in [0.15, 0.2) is 40.9 Å². The van der Waals surface area contributed by atoms with Gasteiger partial charge in [0.2, 0.25) is 0 Å². The summed E-state index contributed by atoms with van der Waals surface area (Å²) in [5, 5.41) is 6.34. The zero-order valence-corrected chi connectivity index (χ0v) is 14.3. The lowest BCUT2D eigenvalue weighted by Gasteiger charge is -2.22. The number of fused-ring (bicyclic) bond motifs is 1. The molecule has 0 bridgehead atoms. The maximum atomic E-state index is 3.69. The molecule has 0 heterocycles. The van der Waals surface area contributed by atoms with Gasteiger partial charge in [-0.15, -0.1) is 0 Å². The Labute approximate surface area is 136 Å². The van der Waals surface area contributed by atoms with Crippen molar-refractivity contribution in [3.05, 3.63) is 46.4 Å². The molecular weight excluding hydrogens is 322 g/mol. The van der Waals surface area contributed by atoms with E-state index in [1.54, 1.807) is 0 Å². The highest BCUT2D eigenvalue weighted by Crippen LogP contribution is 2.34. The third kappa shape index (κ3) is 3.67. The molecule has 1 atom stereocenters.